The number of carbonyl (C=O) groups excluding carboxylic acids is 2. The second-order valence-electron chi connectivity index (χ2n) is 5.24. The van der Waals surface area contributed by atoms with E-state index in [-0.39, 0.29) is 30.0 Å². The zero-order chi connectivity index (χ0) is 18.0. The Morgan fingerprint density at radius 3 is 2.40 bits per heavy atom. The fourth-order valence-corrected chi connectivity index (χ4v) is 2.46. The van der Waals surface area contributed by atoms with Gasteiger partial charge in [0.1, 0.15) is 0 Å². The Bertz CT molecular complexity index is 863. The molecule has 128 valence electrons. The normalized spacial score (nSPS) is 11.9. The van der Waals surface area contributed by atoms with Gasteiger partial charge in [-0.25, -0.2) is 5.84 Å². The van der Waals surface area contributed by atoms with Crippen LogP contribution in [0.3, 0.4) is 0 Å². The first-order valence-electron chi connectivity index (χ1n) is 7.20. The highest BCUT2D eigenvalue weighted by molar-refractivity contribution is 6.11. The number of non-ortho nitro benzene ring substituents is 1. The van der Waals surface area contributed by atoms with E-state index in [4.69, 9.17) is 15.3 Å². The fourth-order valence-electron chi connectivity index (χ4n) is 2.46. The number of nitrogens with zero attached hydrogens (tertiary/aromatic N) is 1. The summed E-state index contributed by atoms with van der Waals surface area (Å²) < 4.78 is 10.5. The average Bonchev–Trinajstić information content (AvgIpc) is 3.07. The molecule has 3 rings (SSSR count). The number of nitro groups is 1. The molecule has 0 unspecified atom stereocenters. The van der Waals surface area contributed by atoms with Crippen molar-refractivity contribution in [3.05, 3.63) is 63.2 Å². The van der Waals surface area contributed by atoms with E-state index in [2.05, 4.69) is 0 Å². The third-order valence-corrected chi connectivity index (χ3v) is 3.70. The lowest BCUT2D eigenvalue weighted by Crippen LogP contribution is -2.31. The molecule has 25 heavy (non-hydrogen) atoms. The van der Waals surface area contributed by atoms with E-state index < -0.39 is 16.6 Å². The topological polar surface area (TPSA) is 134 Å². The van der Waals surface area contributed by atoms with Crippen LogP contribution in [0.4, 0.5) is 5.69 Å². The van der Waals surface area contributed by atoms with Crippen LogP contribution in [-0.4, -0.2) is 23.4 Å². The molecule has 1 heterocycles. The molecule has 0 aliphatic carbocycles. The number of ketones is 1. The molecule has 1 aliphatic heterocycles. The Kier molecular flexibility index (Phi) is 4.31. The van der Waals surface area contributed by atoms with Crippen LogP contribution in [0.15, 0.2) is 36.4 Å². The minimum Gasteiger partial charge on any atom is -0.454 e. The summed E-state index contributed by atoms with van der Waals surface area (Å²) in [5, 5.41) is 10.7. The summed E-state index contributed by atoms with van der Waals surface area (Å²) >= 11 is 0. The van der Waals surface area contributed by atoms with Gasteiger partial charge >= 0.3 is 0 Å². The molecule has 0 saturated carbocycles. The lowest BCUT2D eigenvalue weighted by Gasteiger charge is -2.10. The highest BCUT2D eigenvalue weighted by Gasteiger charge is 2.23. The van der Waals surface area contributed by atoms with Crippen LogP contribution in [0.2, 0.25) is 0 Å². The Morgan fingerprint density at radius 1 is 1.16 bits per heavy atom. The van der Waals surface area contributed by atoms with E-state index in [0.717, 1.165) is 0 Å². The van der Waals surface area contributed by atoms with E-state index in [0.29, 0.717) is 17.1 Å². The first-order valence-corrected chi connectivity index (χ1v) is 7.20. The lowest BCUT2D eigenvalue weighted by molar-refractivity contribution is -0.384. The number of amides is 1. The number of carbonyl (C=O) groups is 2. The van der Waals surface area contributed by atoms with Crippen LogP contribution >= 0.6 is 0 Å². The van der Waals surface area contributed by atoms with Crippen LogP contribution in [0.25, 0.3) is 0 Å². The molecular weight excluding hydrogens is 330 g/mol. The van der Waals surface area contributed by atoms with Gasteiger partial charge in [0.2, 0.25) is 12.7 Å². The molecular formula is C16H13N3O6. The molecule has 2 aromatic carbocycles. The van der Waals surface area contributed by atoms with Gasteiger partial charge in [-0.2, -0.15) is 0 Å². The van der Waals surface area contributed by atoms with Crippen LogP contribution in [-0.2, 0) is 11.2 Å². The number of nitrogens with one attached hydrogen (secondary N) is 1. The van der Waals surface area contributed by atoms with Crippen molar-refractivity contribution in [2.24, 2.45) is 5.84 Å². The number of hydrogen-bond acceptors (Lipinski definition) is 7. The predicted octanol–water partition coefficient (Wildman–Crippen LogP) is 1.09. The summed E-state index contributed by atoms with van der Waals surface area (Å²) in [6, 6.07) is 8.25. The third kappa shape index (κ3) is 3.26. The summed E-state index contributed by atoms with van der Waals surface area (Å²) in [5.74, 6) is 5.06. The summed E-state index contributed by atoms with van der Waals surface area (Å²) in [4.78, 5) is 34.6. The van der Waals surface area contributed by atoms with Gasteiger partial charge < -0.3 is 9.47 Å². The van der Waals surface area contributed by atoms with Crippen molar-refractivity contribution in [1.29, 1.82) is 0 Å². The second-order valence-corrected chi connectivity index (χ2v) is 5.24. The molecule has 0 atom stereocenters. The standard InChI is InChI=1S/C16H13N3O6/c17-18-15(20)6-10-5-13-14(25-8-24-13)7-12(10)16(21)9-1-3-11(4-2-9)19(22)23/h1-5,7H,6,8,17H2,(H,18,20). The molecule has 9 heteroatoms. The zero-order valence-electron chi connectivity index (χ0n) is 12.9. The monoisotopic (exact) mass is 343 g/mol. The minimum atomic E-state index is -0.550. The van der Waals surface area contributed by atoms with Crippen LogP contribution < -0.4 is 20.7 Å². The molecule has 0 radical (unpaired) electrons. The van der Waals surface area contributed by atoms with Crippen molar-refractivity contribution < 1.29 is 24.0 Å². The molecule has 0 saturated heterocycles. The van der Waals surface area contributed by atoms with Gasteiger partial charge in [0, 0.05) is 23.3 Å². The SMILES string of the molecule is NNC(=O)Cc1cc2c(cc1C(=O)c1ccc([N+](=O)[O-])cc1)OCO2. The van der Waals surface area contributed by atoms with Crippen molar-refractivity contribution in [2.45, 2.75) is 6.42 Å². The Morgan fingerprint density at radius 2 is 1.80 bits per heavy atom. The number of fused-ring (bicyclic) bond motifs is 1. The smallest absolute Gasteiger partial charge is 0.269 e. The number of nitro benzene ring substituents is 1. The highest BCUT2D eigenvalue weighted by atomic mass is 16.7. The maximum Gasteiger partial charge on any atom is 0.269 e. The van der Waals surface area contributed by atoms with E-state index >= 15 is 0 Å². The maximum atomic E-state index is 12.8. The van der Waals surface area contributed by atoms with Crippen LogP contribution in [0.5, 0.6) is 11.5 Å². The highest BCUT2D eigenvalue weighted by Crippen LogP contribution is 2.36. The number of nitrogens with two attached hydrogens (primary N) is 1. The largest absolute Gasteiger partial charge is 0.454 e. The van der Waals surface area contributed by atoms with Crippen molar-refractivity contribution in [2.75, 3.05) is 6.79 Å². The van der Waals surface area contributed by atoms with Crippen LogP contribution in [0, 0.1) is 10.1 Å². The van der Waals surface area contributed by atoms with E-state index in [1.165, 1.54) is 30.3 Å². The number of ether oxygens (including phenoxy) is 2. The summed E-state index contributed by atoms with van der Waals surface area (Å²) in [5.41, 5.74) is 2.79. The van der Waals surface area contributed by atoms with Crippen molar-refractivity contribution in [3.8, 4) is 11.5 Å². The summed E-state index contributed by atoms with van der Waals surface area (Å²) in [6.07, 6.45) is -0.124. The Balaban J connectivity index is 2.00. The van der Waals surface area contributed by atoms with Gasteiger partial charge in [-0.1, -0.05) is 0 Å². The Hall–Kier alpha value is -3.46. The minimum absolute atomic E-state index is 0.0209. The lowest BCUT2D eigenvalue weighted by atomic mass is 9.95. The summed E-state index contributed by atoms with van der Waals surface area (Å²) in [7, 11) is 0. The van der Waals surface area contributed by atoms with Crippen molar-refractivity contribution in [1.82, 2.24) is 5.43 Å². The van der Waals surface area contributed by atoms with Crippen LogP contribution in [0.1, 0.15) is 21.5 Å². The van der Waals surface area contributed by atoms with E-state index in [1.54, 1.807) is 6.07 Å². The molecule has 3 N–H and O–H groups in total. The molecule has 0 spiro atoms. The quantitative estimate of drug-likeness (QED) is 0.273. The van der Waals surface area contributed by atoms with Gasteiger partial charge in [-0.15, -0.1) is 0 Å². The van der Waals surface area contributed by atoms with Gasteiger partial charge in [0.25, 0.3) is 5.69 Å². The third-order valence-electron chi connectivity index (χ3n) is 3.70. The molecule has 0 bridgehead atoms. The fraction of sp³-hybridized carbons (Fsp3) is 0.125. The molecule has 1 amide bonds. The van der Waals surface area contributed by atoms with Crippen molar-refractivity contribution >= 4 is 17.4 Å². The molecule has 0 fully saturated rings. The van der Waals surface area contributed by atoms with Crippen molar-refractivity contribution in [3.63, 3.8) is 0 Å². The predicted molar refractivity (Wildman–Crippen MR) is 85.1 cm³/mol. The number of hydrogen-bond donors (Lipinski definition) is 2. The number of hydrazine groups is 1. The molecule has 2 aromatic rings. The first kappa shape index (κ1) is 16.4. The van der Waals surface area contributed by atoms with E-state index in [1.807, 2.05) is 5.43 Å². The van der Waals surface area contributed by atoms with Gasteiger partial charge in [-0.05, 0) is 29.8 Å². The van der Waals surface area contributed by atoms with E-state index in [9.17, 15) is 19.7 Å². The number of rotatable bonds is 5. The second kappa shape index (κ2) is 6.57. The van der Waals surface area contributed by atoms with Gasteiger partial charge in [0.05, 0.1) is 11.3 Å². The maximum absolute atomic E-state index is 12.8. The molecule has 1 aliphatic rings. The van der Waals surface area contributed by atoms with Gasteiger partial charge in [-0.3, -0.25) is 25.1 Å². The Labute approximate surface area is 141 Å². The molecule has 9 nitrogen and oxygen atoms in total. The zero-order valence-corrected chi connectivity index (χ0v) is 12.9. The first-order chi connectivity index (χ1) is 12.0. The average molecular weight is 343 g/mol. The van der Waals surface area contributed by atoms with Gasteiger partial charge in [0.15, 0.2) is 17.3 Å². The molecule has 0 aromatic heterocycles. The summed E-state index contributed by atoms with van der Waals surface area (Å²) in [6.45, 7) is 0.0209. The number of benzene rings is 2.